The summed E-state index contributed by atoms with van der Waals surface area (Å²) in [5, 5.41) is 7.59. The second kappa shape index (κ2) is 7.33. The molecule has 25 heavy (non-hydrogen) atoms. The Kier molecular flexibility index (Phi) is 4.97. The van der Waals surface area contributed by atoms with E-state index in [0.717, 1.165) is 0 Å². The van der Waals surface area contributed by atoms with E-state index in [1.54, 1.807) is 36.7 Å². The summed E-state index contributed by atoms with van der Waals surface area (Å²) >= 11 is 12.0. The molecule has 0 atom stereocenters. The van der Waals surface area contributed by atoms with Crippen LogP contribution in [0.25, 0.3) is 5.65 Å². The minimum absolute atomic E-state index is 0.201. The third-order valence-electron chi connectivity index (χ3n) is 3.17. The largest absolute Gasteiger partial charge is 0.404 e. The van der Waals surface area contributed by atoms with Crippen LogP contribution in [0, 0.1) is 0 Å². The minimum Gasteiger partial charge on any atom is -0.404 e. The number of aliphatic imine (C=N–C) groups is 1. The summed E-state index contributed by atoms with van der Waals surface area (Å²) in [7, 11) is 0. The molecule has 1 aromatic carbocycles. The average Bonchev–Trinajstić information content (AvgIpc) is 3.02. The normalized spacial score (nSPS) is 12.0. The zero-order chi connectivity index (χ0) is 17.8. The van der Waals surface area contributed by atoms with Crippen LogP contribution in [0.3, 0.4) is 0 Å². The Balaban J connectivity index is 1.93. The number of hydrogen-bond donors (Lipinski definition) is 2. The van der Waals surface area contributed by atoms with Crippen LogP contribution >= 0.6 is 23.2 Å². The van der Waals surface area contributed by atoms with Gasteiger partial charge in [-0.25, -0.2) is 14.5 Å². The highest BCUT2D eigenvalue weighted by Crippen LogP contribution is 2.28. The molecule has 9 heteroatoms. The Bertz CT molecular complexity index is 995. The molecule has 3 rings (SSSR count). The van der Waals surface area contributed by atoms with Crippen LogP contribution in [-0.2, 0) is 0 Å². The van der Waals surface area contributed by atoms with Gasteiger partial charge in [-0.3, -0.25) is 4.79 Å². The van der Waals surface area contributed by atoms with Crippen LogP contribution in [-0.4, -0.2) is 26.3 Å². The maximum atomic E-state index is 12.5. The second-order valence-corrected chi connectivity index (χ2v) is 5.70. The number of halogens is 2. The summed E-state index contributed by atoms with van der Waals surface area (Å²) < 4.78 is 1.50. The van der Waals surface area contributed by atoms with Crippen molar-refractivity contribution in [3.8, 4) is 0 Å². The van der Waals surface area contributed by atoms with E-state index >= 15 is 0 Å². The summed E-state index contributed by atoms with van der Waals surface area (Å²) in [6.07, 6.45) is 7.39. The van der Waals surface area contributed by atoms with Gasteiger partial charge < -0.3 is 11.1 Å². The fraction of sp³-hybridized carbons (Fsp3) is 0. The number of fused-ring (bicyclic) bond motifs is 1. The predicted molar refractivity (Wildman–Crippen MR) is 97.3 cm³/mol. The molecule has 2 heterocycles. The number of nitrogens with one attached hydrogen (secondary N) is 1. The summed E-state index contributed by atoms with van der Waals surface area (Å²) in [6.45, 7) is 0. The molecule has 0 aliphatic carbocycles. The summed E-state index contributed by atoms with van der Waals surface area (Å²) in [4.78, 5) is 21.0. The van der Waals surface area contributed by atoms with E-state index < -0.39 is 5.91 Å². The summed E-state index contributed by atoms with van der Waals surface area (Å²) in [6, 6.07) is 6.55. The number of aromatic nitrogens is 3. The van der Waals surface area contributed by atoms with Crippen LogP contribution in [0.1, 0.15) is 10.4 Å². The number of amides is 1. The van der Waals surface area contributed by atoms with Gasteiger partial charge in [-0.15, -0.1) is 0 Å². The number of carbonyl (C=O) groups excluding carboxylic acids is 1. The molecule has 0 aliphatic heterocycles. The van der Waals surface area contributed by atoms with E-state index in [2.05, 4.69) is 20.4 Å². The molecule has 3 aromatic rings. The molecule has 0 fully saturated rings. The van der Waals surface area contributed by atoms with E-state index in [1.165, 1.54) is 23.0 Å². The van der Waals surface area contributed by atoms with Crippen molar-refractivity contribution in [2.24, 2.45) is 10.7 Å². The summed E-state index contributed by atoms with van der Waals surface area (Å²) in [5.74, 6) is -0.226. The van der Waals surface area contributed by atoms with Crippen molar-refractivity contribution in [2.45, 2.75) is 0 Å². The number of carbonyl (C=O) groups is 1. The monoisotopic (exact) mass is 374 g/mol. The first-order chi connectivity index (χ1) is 12.1. The van der Waals surface area contributed by atoms with Gasteiger partial charge in [-0.2, -0.15) is 5.10 Å². The first-order valence-corrected chi connectivity index (χ1v) is 7.86. The van der Waals surface area contributed by atoms with Crippen molar-refractivity contribution in [3.05, 3.63) is 70.7 Å². The van der Waals surface area contributed by atoms with E-state index in [1.807, 2.05) is 0 Å². The second-order valence-electron chi connectivity index (χ2n) is 4.85. The van der Waals surface area contributed by atoms with Crippen molar-refractivity contribution in [1.29, 1.82) is 0 Å². The number of nitrogens with two attached hydrogens (primary N) is 1. The molecule has 3 N–H and O–H groups in total. The van der Waals surface area contributed by atoms with E-state index in [0.29, 0.717) is 26.9 Å². The fourth-order valence-corrected chi connectivity index (χ4v) is 2.40. The number of hydrogen-bond acceptors (Lipinski definition) is 5. The van der Waals surface area contributed by atoms with Gasteiger partial charge in [0.1, 0.15) is 11.4 Å². The van der Waals surface area contributed by atoms with Gasteiger partial charge in [0.25, 0.3) is 5.91 Å². The molecule has 2 aromatic heterocycles. The van der Waals surface area contributed by atoms with Crippen LogP contribution in [0.4, 0.5) is 5.69 Å². The van der Waals surface area contributed by atoms with Gasteiger partial charge in [0, 0.05) is 17.4 Å². The number of benzene rings is 1. The molecule has 1 amide bonds. The van der Waals surface area contributed by atoms with Gasteiger partial charge in [-0.1, -0.05) is 23.2 Å². The molecule has 0 saturated carbocycles. The molecule has 7 nitrogen and oxygen atoms in total. The van der Waals surface area contributed by atoms with Crippen LogP contribution in [0.5, 0.6) is 0 Å². The van der Waals surface area contributed by atoms with Gasteiger partial charge >= 0.3 is 0 Å². The Labute approximate surface area is 152 Å². The number of nitrogens with zero attached hydrogens (tertiary/aromatic N) is 4. The first kappa shape index (κ1) is 16.9. The molecular weight excluding hydrogens is 363 g/mol. The van der Waals surface area contributed by atoms with Crippen molar-refractivity contribution in [1.82, 2.24) is 19.9 Å². The highest BCUT2D eigenvalue weighted by Gasteiger charge is 2.15. The smallest absolute Gasteiger partial charge is 0.262 e. The first-order valence-electron chi connectivity index (χ1n) is 7.10. The number of amidine groups is 1. The lowest BCUT2D eigenvalue weighted by molar-refractivity contribution is 0.0978. The lowest BCUT2D eigenvalue weighted by atomic mass is 10.3. The molecule has 0 saturated heterocycles. The third kappa shape index (κ3) is 3.78. The topological polar surface area (TPSA) is 97.7 Å². The molecule has 0 radical (unpaired) electrons. The molecule has 0 spiro atoms. The molecule has 0 aliphatic rings. The van der Waals surface area contributed by atoms with Gasteiger partial charge in [0.05, 0.1) is 16.9 Å². The highest BCUT2D eigenvalue weighted by atomic mass is 35.5. The van der Waals surface area contributed by atoms with E-state index in [-0.39, 0.29) is 5.84 Å². The van der Waals surface area contributed by atoms with Crippen LogP contribution < -0.4 is 11.1 Å². The van der Waals surface area contributed by atoms with Crippen molar-refractivity contribution >= 4 is 46.3 Å². The maximum Gasteiger partial charge on any atom is 0.262 e. The predicted octanol–water partition coefficient (Wildman–Crippen LogP) is 2.97. The zero-order valence-electron chi connectivity index (χ0n) is 12.7. The Morgan fingerprint density at radius 3 is 3.00 bits per heavy atom. The third-order valence-corrected chi connectivity index (χ3v) is 3.72. The SMILES string of the molecule is NC=CC(=Nc1cc(Cl)ccc1Cl)NC(=O)c1cnn2cccnc12. The van der Waals surface area contributed by atoms with Gasteiger partial charge in [0.2, 0.25) is 0 Å². The molecule has 126 valence electrons. The average molecular weight is 375 g/mol. The maximum absolute atomic E-state index is 12.5. The summed E-state index contributed by atoms with van der Waals surface area (Å²) in [5.41, 5.74) is 6.57. The Morgan fingerprint density at radius 1 is 1.36 bits per heavy atom. The molecular formula is C16H12Cl2N6O. The highest BCUT2D eigenvalue weighted by molar-refractivity contribution is 6.35. The van der Waals surface area contributed by atoms with Crippen LogP contribution in [0.2, 0.25) is 10.0 Å². The van der Waals surface area contributed by atoms with Crippen molar-refractivity contribution in [2.75, 3.05) is 0 Å². The quantitative estimate of drug-likeness (QED) is 0.543. The molecule has 0 bridgehead atoms. The molecule has 0 unspecified atom stereocenters. The van der Waals surface area contributed by atoms with Crippen LogP contribution in [0.15, 0.2) is 60.1 Å². The van der Waals surface area contributed by atoms with Gasteiger partial charge in [-0.05, 0) is 36.5 Å². The zero-order valence-corrected chi connectivity index (χ0v) is 14.2. The van der Waals surface area contributed by atoms with Crippen molar-refractivity contribution < 1.29 is 4.79 Å². The number of rotatable bonds is 3. The van der Waals surface area contributed by atoms with Crippen molar-refractivity contribution in [3.63, 3.8) is 0 Å². The lowest BCUT2D eigenvalue weighted by Gasteiger charge is -2.06. The Hall–Kier alpha value is -2.90. The standard InChI is InChI=1S/C16H12Cl2N6O/c17-10-2-3-12(18)13(8-10)22-14(4-5-19)23-16(25)11-9-21-24-7-1-6-20-15(11)24/h1-9H,19H2,(H,22,23,25). The fourth-order valence-electron chi connectivity index (χ4n) is 2.07. The lowest BCUT2D eigenvalue weighted by Crippen LogP contribution is -2.29. The van der Waals surface area contributed by atoms with Gasteiger partial charge in [0.15, 0.2) is 5.65 Å². The van der Waals surface area contributed by atoms with E-state index in [9.17, 15) is 4.79 Å². The Morgan fingerprint density at radius 2 is 2.20 bits per heavy atom. The minimum atomic E-state index is -0.427. The van der Waals surface area contributed by atoms with E-state index in [4.69, 9.17) is 28.9 Å².